The number of benzene rings is 9. The normalized spacial score (nSPS) is 11.6. The van der Waals surface area contributed by atoms with E-state index >= 15 is 0 Å². The molecule has 0 aliphatic carbocycles. The Balaban J connectivity index is 1.27. The van der Waals surface area contributed by atoms with Gasteiger partial charge in [0, 0.05) is 32.9 Å². The van der Waals surface area contributed by atoms with Crippen LogP contribution >= 0.6 is 0 Å². The molecule has 4 nitrogen and oxygen atoms in total. The average molecular weight is 955 g/mol. The fourth-order valence-electron chi connectivity index (χ4n) is 12.1. The quantitative estimate of drug-likeness (QED) is 0.146. The molecule has 358 valence electrons. The summed E-state index contributed by atoms with van der Waals surface area (Å²) in [7, 11) is 0. The SMILES string of the molecule is [C-]#[N+]c1cc(-n2c3cc(-c4cc(C)cc(C)c4)ccc3c3ccc(-c4cc(C)cc(C)c4)cc32)c(-n2c3cc(-c4cc(C)cc(C)c4)ccc3c3ccc(-c4cc(C)cc(C)c4)cc32)cc1-c1cc(C)nc(C)c1. The van der Waals surface area contributed by atoms with E-state index in [0.717, 1.165) is 99.8 Å². The van der Waals surface area contributed by atoms with E-state index in [4.69, 9.17) is 11.6 Å². The van der Waals surface area contributed by atoms with Gasteiger partial charge in [-0.2, -0.15) is 0 Å². The molecule has 0 saturated heterocycles. The Labute approximate surface area is 434 Å². The first kappa shape index (κ1) is 46.3. The van der Waals surface area contributed by atoms with Crippen molar-refractivity contribution in [3.8, 4) is 67.0 Å². The summed E-state index contributed by atoms with van der Waals surface area (Å²) in [5, 5.41) is 4.62. The molecule has 74 heavy (non-hydrogen) atoms. The highest BCUT2D eigenvalue weighted by atomic mass is 15.1. The predicted octanol–water partition coefficient (Wildman–Crippen LogP) is 19.2. The van der Waals surface area contributed by atoms with E-state index in [1.807, 2.05) is 13.8 Å². The Morgan fingerprint density at radius 1 is 0.297 bits per heavy atom. The van der Waals surface area contributed by atoms with E-state index in [0.29, 0.717) is 5.69 Å². The van der Waals surface area contributed by atoms with Crippen LogP contribution in [0.25, 0.3) is 115 Å². The van der Waals surface area contributed by atoms with Gasteiger partial charge in [0.2, 0.25) is 0 Å². The minimum Gasteiger partial charge on any atom is -0.308 e. The summed E-state index contributed by atoms with van der Waals surface area (Å²) in [4.78, 5) is 9.20. The number of nitrogens with zero attached hydrogens (tertiary/aromatic N) is 4. The first-order valence-corrected chi connectivity index (χ1v) is 25.7. The maximum absolute atomic E-state index is 8.98. The summed E-state index contributed by atoms with van der Waals surface area (Å²) in [6.07, 6.45) is 0. The number of aromatic nitrogens is 3. The largest absolute Gasteiger partial charge is 0.308 e. The van der Waals surface area contributed by atoms with Gasteiger partial charge in [-0.05, 0) is 173 Å². The lowest BCUT2D eigenvalue weighted by Gasteiger charge is -2.21. The molecule has 0 saturated carbocycles. The number of aryl methyl sites for hydroxylation is 10. The van der Waals surface area contributed by atoms with Crippen molar-refractivity contribution in [1.29, 1.82) is 0 Å². The minimum atomic E-state index is 0.576. The third-order valence-corrected chi connectivity index (χ3v) is 14.8. The second kappa shape index (κ2) is 17.8. The molecule has 0 bridgehead atoms. The van der Waals surface area contributed by atoms with Crippen LogP contribution in [0.5, 0.6) is 0 Å². The topological polar surface area (TPSA) is 27.1 Å². The number of rotatable bonds is 7. The van der Waals surface area contributed by atoms with Crippen molar-refractivity contribution in [2.45, 2.75) is 69.2 Å². The Bertz CT molecular complexity index is 4060. The van der Waals surface area contributed by atoms with Crippen LogP contribution in [0.4, 0.5) is 5.69 Å². The van der Waals surface area contributed by atoms with E-state index in [-0.39, 0.29) is 0 Å². The summed E-state index contributed by atoms with van der Waals surface area (Å²) >= 11 is 0. The molecule has 0 aliphatic heterocycles. The highest BCUT2D eigenvalue weighted by Crippen LogP contribution is 2.46. The Hall–Kier alpha value is -8.78. The van der Waals surface area contributed by atoms with Crippen LogP contribution in [-0.2, 0) is 0 Å². The van der Waals surface area contributed by atoms with Gasteiger partial charge in [0.1, 0.15) is 0 Å². The summed E-state index contributed by atoms with van der Waals surface area (Å²) in [5.41, 5.74) is 29.6. The summed E-state index contributed by atoms with van der Waals surface area (Å²) in [5.74, 6) is 0. The molecule has 0 radical (unpaired) electrons. The van der Waals surface area contributed by atoms with Crippen molar-refractivity contribution >= 4 is 49.3 Å². The second-order valence-corrected chi connectivity index (χ2v) is 21.2. The van der Waals surface area contributed by atoms with Crippen molar-refractivity contribution in [2.75, 3.05) is 0 Å². The highest BCUT2D eigenvalue weighted by Gasteiger charge is 2.24. The van der Waals surface area contributed by atoms with Crippen LogP contribution < -0.4 is 0 Å². The van der Waals surface area contributed by atoms with Gasteiger partial charge in [-0.1, -0.05) is 166 Å². The van der Waals surface area contributed by atoms with Crippen molar-refractivity contribution in [3.63, 3.8) is 0 Å². The maximum Gasteiger partial charge on any atom is 0.197 e. The van der Waals surface area contributed by atoms with E-state index < -0.39 is 0 Å². The van der Waals surface area contributed by atoms with E-state index in [2.05, 4.69) is 239 Å². The molecule has 9 aromatic carbocycles. The maximum atomic E-state index is 8.98. The van der Waals surface area contributed by atoms with E-state index in [9.17, 15) is 0 Å². The van der Waals surface area contributed by atoms with Crippen LogP contribution in [0.1, 0.15) is 55.9 Å². The zero-order valence-electron chi connectivity index (χ0n) is 44.0. The van der Waals surface area contributed by atoms with Gasteiger partial charge in [-0.3, -0.25) is 4.98 Å². The molecule has 4 heteroatoms. The van der Waals surface area contributed by atoms with Crippen molar-refractivity contribution < 1.29 is 0 Å². The predicted molar refractivity (Wildman–Crippen MR) is 314 cm³/mol. The molecule has 12 aromatic rings. The smallest absolute Gasteiger partial charge is 0.197 e. The van der Waals surface area contributed by atoms with Crippen LogP contribution in [0, 0.1) is 75.8 Å². The minimum absolute atomic E-state index is 0.576. The van der Waals surface area contributed by atoms with Gasteiger partial charge < -0.3 is 9.13 Å². The number of pyridine rings is 1. The molecular weight excluding hydrogens is 897 g/mol. The van der Waals surface area contributed by atoms with Gasteiger partial charge in [0.05, 0.1) is 40.0 Å². The third kappa shape index (κ3) is 8.16. The molecule has 0 N–H and O–H groups in total. The molecule has 0 unspecified atom stereocenters. The van der Waals surface area contributed by atoms with Gasteiger partial charge in [-0.15, -0.1) is 0 Å². The molecule has 0 atom stereocenters. The third-order valence-electron chi connectivity index (χ3n) is 14.8. The molecule has 0 amide bonds. The monoisotopic (exact) mass is 954 g/mol. The molecular formula is C70H58N4. The zero-order valence-corrected chi connectivity index (χ0v) is 44.0. The fraction of sp³-hybridized carbons (Fsp3) is 0.143. The molecule has 3 heterocycles. The van der Waals surface area contributed by atoms with Crippen LogP contribution in [-0.4, -0.2) is 14.1 Å². The molecule has 0 aliphatic rings. The number of hydrogen-bond acceptors (Lipinski definition) is 1. The first-order chi connectivity index (χ1) is 35.6. The fourth-order valence-corrected chi connectivity index (χ4v) is 12.1. The van der Waals surface area contributed by atoms with Crippen LogP contribution in [0.15, 0.2) is 170 Å². The highest BCUT2D eigenvalue weighted by molar-refractivity contribution is 6.14. The summed E-state index contributed by atoms with van der Waals surface area (Å²) in [6, 6.07) is 63.8. The lowest BCUT2D eigenvalue weighted by atomic mass is 9.98. The van der Waals surface area contributed by atoms with Gasteiger partial charge in [0.15, 0.2) is 5.69 Å². The van der Waals surface area contributed by atoms with Crippen LogP contribution in [0.3, 0.4) is 0 Å². The van der Waals surface area contributed by atoms with E-state index in [1.54, 1.807) is 0 Å². The molecule has 0 spiro atoms. The van der Waals surface area contributed by atoms with E-state index in [1.165, 1.54) is 66.8 Å². The molecule has 12 rings (SSSR count). The Morgan fingerprint density at radius 2 is 0.581 bits per heavy atom. The lowest BCUT2D eigenvalue weighted by molar-refractivity contribution is 1.10. The molecule has 0 fully saturated rings. The Kier molecular flexibility index (Phi) is 11.1. The average Bonchev–Trinajstić information content (AvgIpc) is 3.87. The standard InChI is InChI=1S/C70H58N4/c1-40-20-41(2)25-54(24-40)50-12-16-59-60-17-13-51(55-26-42(3)21-43(4)27-55)35-66(60)73(65(59)34-50)69-38-63(58-32-48(9)72-49(10)33-58)64(71-11)39-70(69)74-67-36-52(56-28-44(5)22-45(6)29-56)14-18-61(67)62-19-15-53(37-68(62)74)57-30-46(7)23-47(8)31-57/h12-39H,1-10H3. The van der Waals surface area contributed by atoms with Crippen LogP contribution in [0.2, 0.25) is 0 Å². The summed E-state index contributed by atoms with van der Waals surface area (Å²) < 4.78 is 4.95. The van der Waals surface area contributed by atoms with Gasteiger partial charge >= 0.3 is 0 Å². The van der Waals surface area contributed by atoms with Gasteiger partial charge in [0.25, 0.3) is 0 Å². The first-order valence-electron chi connectivity index (χ1n) is 25.7. The summed E-state index contributed by atoms with van der Waals surface area (Å²) in [6.45, 7) is 30.5. The lowest BCUT2D eigenvalue weighted by Crippen LogP contribution is -2.05. The second-order valence-electron chi connectivity index (χ2n) is 21.2. The molecule has 3 aromatic heterocycles. The van der Waals surface area contributed by atoms with Gasteiger partial charge in [-0.25, -0.2) is 4.85 Å². The number of fused-ring (bicyclic) bond motifs is 6. The Morgan fingerprint density at radius 3 is 0.865 bits per heavy atom. The zero-order chi connectivity index (χ0) is 51.3. The van der Waals surface area contributed by atoms with Crippen molar-refractivity contribution in [3.05, 3.63) is 237 Å². The van der Waals surface area contributed by atoms with Crippen molar-refractivity contribution in [1.82, 2.24) is 14.1 Å². The van der Waals surface area contributed by atoms with Crippen molar-refractivity contribution in [2.24, 2.45) is 0 Å². The number of hydrogen-bond donors (Lipinski definition) is 0.